The highest BCUT2D eigenvalue weighted by atomic mass is 15.1. The van der Waals surface area contributed by atoms with Crippen molar-refractivity contribution >= 4 is 38.6 Å². The van der Waals surface area contributed by atoms with Gasteiger partial charge in [-0.05, 0) is 141 Å². The molecule has 0 spiro atoms. The van der Waals surface area contributed by atoms with E-state index in [9.17, 15) is 0 Å². The summed E-state index contributed by atoms with van der Waals surface area (Å²) in [6, 6.07) is 56.2. The number of aryl methyl sites for hydroxylation is 4. The molecule has 1 aliphatic carbocycles. The molecule has 0 N–H and O–H groups in total. The van der Waals surface area contributed by atoms with E-state index in [2.05, 4.69) is 184 Å². The van der Waals surface area contributed by atoms with Crippen molar-refractivity contribution < 1.29 is 0 Å². The Labute approximate surface area is 288 Å². The van der Waals surface area contributed by atoms with Crippen LogP contribution in [0.5, 0.6) is 0 Å². The summed E-state index contributed by atoms with van der Waals surface area (Å²) in [5.74, 6) is 0. The van der Waals surface area contributed by atoms with Crippen molar-refractivity contribution in [3.05, 3.63) is 174 Å². The molecule has 0 heterocycles. The highest BCUT2D eigenvalue weighted by Gasteiger charge is 2.32. The summed E-state index contributed by atoms with van der Waals surface area (Å²) in [5, 5.41) is 5.13. The van der Waals surface area contributed by atoms with Gasteiger partial charge in [-0.15, -0.1) is 0 Å². The molecule has 0 aromatic heterocycles. The Hall–Kier alpha value is -5.92. The molecule has 0 fully saturated rings. The number of hydrogen-bond acceptors (Lipinski definition) is 1. The molecule has 8 aromatic rings. The van der Waals surface area contributed by atoms with E-state index in [0.29, 0.717) is 0 Å². The van der Waals surface area contributed by atoms with E-state index in [0.717, 1.165) is 0 Å². The van der Waals surface area contributed by atoms with E-state index in [-0.39, 0.29) is 0 Å². The number of nitrogens with zero attached hydrogens (tertiary/aromatic N) is 1. The molecule has 1 aliphatic rings. The molecule has 0 saturated heterocycles. The van der Waals surface area contributed by atoms with Gasteiger partial charge in [-0.2, -0.15) is 0 Å². The minimum absolute atomic E-state index is 1.17. The van der Waals surface area contributed by atoms with Crippen LogP contribution < -0.4 is 4.90 Å². The first-order chi connectivity index (χ1) is 24.0. The zero-order valence-electron chi connectivity index (χ0n) is 28.4. The number of fused-ring (bicyclic) bond motifs is 4. The number of anilines is 3. The van der Waals surface area contributed by atoms with Crippen LogP contribution in [-0.4, -0.2) is 0 Å². The number of hydrogen-bond donors (Lipinski definition) is 0. The van der Waals surface area contributed by atoms with Gasteiger partial charge in [0, 0.05) is 16.8 Å². The predicted octanol–water partition coefficient (Wildman–Crippen LogP) is 13.7. The number of rotatable bonds is 5. The van der Waals surface area contributed by atoms with Crippen LogP contribution in [0, 0.1) is 27.7 Å². The molecule has 0 atom stereocenters. The van der Waals surface area contributed by atoms with Crippen molar-refractivity contribution in [2.45, 2.75) is 27.7 Å². The summed E-state index contributed by atoms with van der Waals surface area (Å²) in [6.07, 6.45) is 0. The molecule has 49 heavy (non-hydrogen) atoms. The summed E-state index contributed by atoms with van der Waals surface area (Å²) in [7, 11) is 0. The van der Waals surface area contributed by atoms with Gasteiger partial charge in [-0.25, -0.2) is 0 Å². The van der Waals surface area contributed by atoms with Gasteiger partial charge in [0.2, 0.25) is 0 Å². The van der Waals surface area contributed by atoms with Gasteiger partial charge in [0.25, 0.3) is 0 Å². The molecule has 1 heteroatoms. The van der Waals surface area contributed by atoms with Crippen LogP contribution in [-0.2, 0) is 0 Å². The predicted molar refractivity (Wildman–Crippen MR) is 210 cm³/mol. The molecular weight excluding hydrogens is 591 g/mol. The first kappa shape index (κ1) is 29.2. The quantitative estimate of drug-likeness (QED) is 0.183. The molecule has 1 nitrogen and oxygen atoms in total. The maximum absolute atomic E-state index is 2.46. The van der Waals surface area contributed by atoms with Crippen LogP contribution in [0.15, 0.2) is 152 Å². The molecule has 9 rings (SSSR count). The topological polar surface area (TPSA) is 3.24 Å². The van der Waals surface area contributed by atoms with Crippen molar-refractivity contribution in [1.29, 1.82) is 0 Å². The Balaban J connectivity index is 1.41. The molecule has 234 valence electrons. The Morgan fingerprint density at radius 2 is 0.816 bits per heavy atom. The van der Waals surface area contributed by atoms with E-state index in [1.807, 2.05) is 0 Å². The van der Waals surface area contributed by atoms with E-state index < -0.39 is 0 Å². The van der Waals surface area contributed by atoms with Crippen molar-refractivity contribution in [3.8, 4) is 44.5 Å². The molecule has 0 amide bonds. The molecular formula is C48H37N. The minimum atomic E-state index is 1.17. The summed E-state index contributed by atoms with van der Waals surface area (Å²) >= 11 is 0. The lowest BCUT2D eigenvalue weighted by Gasteiger charge is -2.28. The van der Waals surface area contributed by atoms with Gasteiger partial charge < -0.3 is 4.90 Å². The van der Waals surface area contributed by atoms with Crippen LogP contribution in [0.4, 0.5) is 17.1 Å². The molecule has 0 unspecified atom stereocenters. The summed E-state index contributed by atoms with van der Waals surface area (Å²) < 4.78 is 0. The second-order valence-corrected chi connectivity index (χ2v) is 13.5. The molecule has 0 bridgehead atoms. The SMILES string of the molecule is Cc1ccc(N(c2ccc(C)c(C)c2)c2ccc3c4c(cccc24)-c2c-3c(-c3ccccc3)c3ccccc3c2-c2ccccc2)cc1C. The van der Waals surface area contributed by atoms with Crippen molar-refractivity contribution in [3.63, 3.8) is 0 Å². The van der Waals surface area contributed by atoms with Crippen LogP contribution in [0.3, 0.4) is 0 Å². The molecule has 0 saturated carbocycles. The Kier molecular flexibility index (Phi) is 6.78. The smallest absolute Gasteiger partial charge is 0.0540 e. The van der Waals surface area contributed by atoms with Crippen molar-refractivity contribution in [2.24, 2.45) is 0 Å². The maximum Gasteiger partial charge on any atom is 0.0540 e. The van der Waals surface area contributed by atoms with Gasteiger partial charge in [0.15, 0.2) is 0 Å². The zero-order valence-corrected chi connectivity index (χ0v) is 28.4. The lowest BCUT2D eigenvalue weighted by atomic mass is 9.82. The van der Waals surface area contributed by atoms with Crippen LogP contribution in [0.25, 0.3) is 66.1 Å². The van der Waals surface area contributed by atoms with Crippen LogP contribution in [0.2, 0.25) is 0 Å². The van der Waals surface area contributed by atoms with Crippen molar-refractivity contribution in [1.82, 2.24) is 0 Å². The molecule has 8 aromatic carbocycles. The average molecular weight is 628 g/mol. The second kappa shape index (κ2) is 11.4. The third-order valence-corrected chi connectivity index (χ3v) is 10.6. The third-order valence-electron chi connectivity index (χ3n) is 10.6. The normalized spacial score (nSPS) is 11.7. The van der Waals surface area contributed by atoms with Gasteiger partial charge in [-0.3, -0.25) is 0 Å². The highest BCUT2D eigenvalue weighted by molar-refractivity contribution is 6.29. The first-order valence-corrected chi connectivity index (χ1v) is 17.2. The van der Waals surface area contributed by atoms with Crippen LogP contribution in [0.1, 0.15) is 22.3 Å². The zero-order chi connectivity index (χ0) is 33.2. The van der Waals surface area contributed by atoms with Crippen molar-refractivity contribution in [2.75, 3.05) is 4.90 Å². The lowest BCUT2D eigenvalue weighted by Crippen LogP contribution is -2.11. The monoisotopic (exact) mass is 627 g/mol. The van der Waals surface area contributed by atoms with Crippen LogP contribution >= 0.6 is 0 Å². The van der Waals surface area contributed by atoms with Gasteiger partial charge in [0.1, 0.15) is 0 Å². The fraction of sp³-hybridized carbons (Fsp3) is 0.0833. The van der Waals surface area contributed by atoms with E-state index in [1.165, 1.54) is 105 Å². The number of benzene rings is 8. The fourth-order valence-electron chi connectivity index (χ4n) is 7.95. The molecule has 0 radical (unpaired) electrons. The Bertz CT molecular complexity index is 2430. The van der Waals surface area contributed by atoms with E-state index in [1.54, 1.807) is 0 Å². The summed E-state index contributed by atoms with van der Waals surface area (Å²) in [5.41, 5.74) is 19.0. The Morgan fingerprint density at radius 3 is 1.33 bits per heavy atom. The van der Waals surface area contributed by atoms with Gasteiger partial charge in [0.05, 0.1) is 5.69 Å². The van der Waals surface area contributed by atoms with Gasteiger partial charge in [-0.1, -0.05) is 121 Å². The third kappa shape index (κ3) is 4.54. The summed E-state index contributed by atoms with van der Waals surface area (Å²) in [6.45, 7) is 8.80. The average Bonchev–Trinajstić information content (AvgIpc) is 3.46. The fourth-order valence-corrected chi connectivity index (χ4v) is 7.95. The maximum atomic E-state index is 2.46. The minimum Gasteiger partial charge on any atom is -0.310 e. The lowest BCUT2D eigenvalue weighted by molar-refractivity contribution is 1.24. The largest absolute Gasteiger partial charge is 0.310 e. The summed E-state index contributed by atoms with van der Waals surface area (Å²) in [4.78, 5) is 2.46. The van der Waals surface area contributed by atoms with E-state index >= 15 is 0 Å². The first-order valence-electron chi connectivity index (χ1n) is 17.2. The Morgan fingerprint density at radius 1 is 0.347 bits per heavy atom. The van der Waals surface area contributed by atoms with Gasteiger partial charge >= 0.3 is 0 Å². The second-order valence-electron chi connectivity index (χ2n) is 13.5. The standard InChI is InChI=1S/C48H37N/c1-30-22-24-36(28-32(30)3)49(37-25-23-31(2)33(4)29-37)43-27-26-42-46-40(43)20-13-21-41(46)47-44(34-14-7-5-8-15-34)38-18-11-12-19-39(38)45(48(42)47)35-16-9-6-10-17-35/h5-29H,1-4H3. The highest BCUT2D eigenvalue weighted by Crippen LogP contribution is 2.59. The molecule has 0 aliphatic heterocycles. The van der Waals surface area contributed by atoms with E-state index in [4.69, 9.17) is 0 Å².